The minimum absolute atomic E-state index is 0.0359. The second kappa shape index (κ2) is 8.73. The molecule has 2 amide bonds. The molecule has 9 heteroatoms. The van der Waals surface area contributed by atoms with Crippen LogP contribution < -0.4 is 21.0 Å². The molecule has 1 atom stereocenters. The zero-order valence-corrected chi connectivity index (χ0v) is 16.4. The number of halogens is 1. The fraction of sp³-hybridized carbons (Fsp3) is 0.238. The van der Waals surface area contributed by atoms with E-state index in [0.717, 1.165) is 6.07 Å². The summed E-state index contributed by atoms with van der Waals surface area (Å²) in [6.45, 7) is 3.04. The van der Waals surface area contributed by atoms with Gasteiger partial charge in [0.1, 0.15) is 11.9 Å². The van der Waals surface area contributed by atoms with E-state index in [-0.39, 0.29) is 47.4 Å². The standard InChI is InChI=1S/C21H20FN3O5/c1-12(26)14-4-3-5-19(20(28)8-14)24-18-7-6-15(9-17(18)22)25-11-16(30-21(25)29)10-23-13(2)27/h3-9,16H,10-11H2,1-2H3,(H,23,27)(H,24,28)/t16-/m0/s1. The van der Waals surface area contributed by atoms with E-state index in [9.17, 15) is 23.6 Å². The average Bonchev–Trinajstić information content (AvgIpc) is 2.95. The summed E-state index contributed by atoms with van der Waals surface area (Å²) in [6.07, 6.45) is -1.18. The van der Waals surface area contributed by atoms with Gasteiger partial charge in [0.05, 0.1) is 30.2 Å². The summed E-state index contributed by atoms with van der Waals surface area (Å²) in [6, 6.07) is 9.74. The molecular formula is C21H20FN3O5. The van der Waals surface area contributed by atoms with Crippen molar-refractivity contribution in [2.24, 2.45) is 0 Å². The van der Waals surface area contributed by atoms with E-state index in [0.29, 0.717) is 0 Å². The van der Waals surface area contributed by atoms with E-state index in [1.807, 2.05) is 0 Å². The van der Waals surface area contributed by atoms with Crippen molar-refractivity contribution in [1.29, 1.82) is 0 Å². The topological polar surface area (TPSA) is 105 Å². The van der Waals surface area contributed by atoms with Gasteiger partial charge >= 0.3 is 6.09 Å². The molecule has 3 rings (SSSR count). The second-order valence-corrected chi connectivity index (χ2v) is 6.80. The number of carbonyl (C=O) groups is 3. The van der Waals surface area contributed by atoms with Gasteiger partial charge in [-0.05, 0) is 37.3 Å². The number of hydrogen-bond acceptors (Lipinski definition) is 6. The van der Waals surface area contributed by atoms with Gasteiger partial charge in [-0.1, -0.05) is 12.1 Å². The van der Waals surface area contributed by atoms with Gasteiger partial charge in [0.2, 0.25) is 11.3 Å². The average molecular weight is 413 g/mol. The van der Waals surface area contributed by atoms with Gasteiger partial charge in [0.25, 0.3) is 0 Å². The third-order valence-electron chi connectivity index (χ3n) is 4.48. The van der Waals surface area contributed by atoms with Gasteiger partial charge in [-0.15, -0.1) is 0 Å². The van der Waals surface area contributed by atoms with Crippen molar-refractivity contribution in [2.75, 3.05) is 23.3 Å². The molecule has 156 valence electrons. The lowest BCUT2D eigenvalue weighted by Crippen LogP contribution is -2.33. The summed E-state index contributed by atoms with van der Waals surface area (Å²) in [4.78, 5) is 48.1. The number of amides is 2. The lowest BCUT2D eigenvalue weighted by molar-refractivity contribution is -0.119. The number of benzene rings is 1. The van der Waals surface area contributed by atoms with Crippen LogP contribution in [0.2, 0.25) is 0 Å². The Balaban J connectivity index is 1.77. The number of Topliss-reactive ketones (excluding diaryl/α,β-unsaturated/α-hetero) is 1. The lowest BCUT2D eigenvalue weighted by Gasteiger charge is -2.15. The first-order chi connectivity index (χ1) is 14.2. The van der Waals surface area contributed by atoms with Crippen molar-refractivity contribution in [3.8, 4) is 0 Å². The minimum atomic E-state index is -0.677. The van der Waals surface area contributed by atoms with Crippen LogP contribution in [-0.2, 0) is 9.53 Å². The molecule has 1 saturated heterocycles. The summed E-state index contributed by atoms with van der Waals surface area (Å²) in [7, 11) is 0. The van der Waals surface area contributed by atoms with Crippen LogP contribution in [0.3, 0.4) is 0 Å². The van der Waals surface area contributed by atoms with Gasteiger partial charge < -0.3 is 15.4 Å². The summed E-state index contributed by atoms with van der Waals surface area (Å²) >= 11 is 0. The Morgan fingerprint density at radius 3 is 2.57 bits per heavy atom. The molecule has 0 aliphatic carbocycles. The van der Waals surface area contributed by atoms with Gasteiger partial charge in [-0.2, -0.15) is 0 Å². The van der Waals surface area contributed by atoms with Crippen molar-refractivity contribution in [3.05, 3.63) is 64.1 Å². The van der Waals surface area contributed by atoms with Crippen LogP contribution in [0.5, 0.6) is 0 Å². The van der Waals surface area contributed by atoms with Gasteiger partial charge in [0.15, 0.2) is 5.78 Å². The number of ketones is 1. The molecule has 0 unspecified atom stereocenters. The first-order valence-corrected chi connectivity index (χ1v) is 9.19. The van der Waals surface area contributed by atoms with Gasteiger partial charge in [0, 0.05) is 12.5 Å². The number of rotatable bonds is 6. The molecule has 30 heavy (non-hydrogen) atoms. The Hall–Kier alpha value is -3.75. The number of nitrogens with one attached hydrogen (secondary N) is 2. The van der Waals surface area contributed by atoms with E-state index in [1.165, 1.54) is 55.1 Å². The zero-order valence-electron chi connectivity index (χ0n) is 16.4. The van der Waals surface area contributed by atoms with Crippen molar-refractivity contribution >= 4 is 34.8 Å². The molecule has 2 N–H and O–H groups in total. The fourth-order valence-corrected chi connectivity index (χ4v) is 2.93. The first kappa shape index (κ1) is 21.0. The summed E-state index contributed by atoms with van der Waals surface area (Å²) in [5.74, 6) is -1.17. The monoisotopic (exact) mass is 413 g/mol. The molecule has 0 spiro atoms. The largest absolute Gasteiger partial charge is 0.442 e. The maximum atomic E-state index is 14.6. The molecule has 8 nitrogen and oxygen atoms in total. The van der Waals surface area contributed by atoms with Crippen LogP contribution in [0, 0.1) is 5.82 Å². The molecule has 1 aliphatic heterocycles. The van der Waals surface area contributed by atoms with Crippen LogP contribution in [0.15, 0.2) is 47.3 Å². The fourth-order valence-electron chi connectivity index (χ4n) is 2.93. The van der Waals surface area contributed by atoms with Crippen LogP contribution in [0.25, 0.3) is 0 Å². The van der Waals surface area contributed by atoms with Gasteiger partial charge in [-0.25, -0.2) is 9.18 Å². The van der Waals surface area contributed by atoms with Crippen LogP contribution >= 0.6 is 0 Å². The molecule has 1 aliphatic rings. The Morgan fingerprint density at radius 2 is 1.90 bits per heavy atom. The number of carbonyl (C=O) groups excluding carboxylic acids is 3. The van der Waals surface area contributed by atoms with E-state index in [2.05, 4.69) is 10.6 Å². The number of anilines is 3. The Bertz CT molecular complexity index is 1070. The van der Waals surface area contributed by atoms with Crippen LogP contribution in [0.1, 0.15) is 24.2 Å². The molecule has 1 heterocycles. The number of nitrogens with zero attached hydrogens (tertiary/aromatic N) is 1. The van der Waals surface area contributed by atoms with E-state index in [1.54, 1.807) is 0 Å². The summed E-state index contributed by atoms with van der Waals surface area (Å²) < 4.78 is 19.8. The minimum Gasteiger partial charge on any atom is -0.442 e. The van der Waals surface area contributed by atoms with E-state index >= 15 is 0 Å². The summed E-state index contributed by atoms with van der Waals surface area (Å²) in [5, 5.41) is 5.29. The normalized spacial score (nSPS) is 15.5. The highest BCUT2D eigenvalue weighted by Crippen LogP contribution is 2.27. The van der Waals surface area contributed by atoms with Gasteiger partial charge in [-0.3, -0.25) is 19.3 Å². The maximum Gasteiger partial charge on any atom is 0.414 e. The molecule has 1 fully saturated rings. The highest BCUT2D eigenvalue weighted by Gasteiger charge is 2.32. The van der Waals surface area contributed by atoms with Crippen molar-refractivity contribution < 1.29 is 23.5 Å². The van der Waals surface area contributed by atoms with Crippen LogP contribution in [-0.4, -0.2) is 37.0 Å². The Labute approximate surface area is 171 Å². The molecular weight excluding hydrogens is 393 g/mol. The molecule has 0 radical (unpaired) electrons. The predicted octanol–water partition coefficient (Wildman–Crippen LogP) is 2.59. The number of hydrogen-bond donors (Lipinski definition) is 2. The lowest BCUT2D eigenvalue weighted by atomic mass is 10.2. The third-order valence-corrected chi connectivity index (χ3v) is 4.48. The SMILES string of the molecule is CC(=O)NC[C@H]1CN(c2ccc(Nc3cccc(C(C)=O)cc3=O)c(F)c2)C(=O)O1. The third kappa shape index (κ3) is 4.80. The smallest absolute Gasteiger partial charge is 0.414 e. The molecule has 0 saturated carbocycles. The van der Waals surface area contributed by atoms with Crippen LogP contribution in [0.4, 0.5) is 26.2 Å². The quantitative estimate of drug-likeness (QED) is 0.706. The Morgan fingerprint density at radius 1 is 1.13 bits per heavy atom. The zero-order chi connectivity index (χ0) is 21.8. The highest BCUT2D eigenvalue weighted by molar-refractivity contribution is 5.94. The summed E-state index contributed by atoms with van der Waals surface area (Å²) in [5.41, 5.74) is 0.218. The second-order valence-electron chi connectivity index (χ2n) is 6.80. The molecule has 2 aromatic carbocycles. The predicted molar refractivity (Wildman–Crippen MR) is 109 cm³/mol. The number of ether oxygens (including phenoxy) is 1. The molecule has 0 bridgehead atoms. The van der Waals surface area contributed by atoms with E-state index in [4.69, 9.17) is 4.74 Å². The van der Waals surface area contributed by atoms with Crippen molar-refractivity contribution in [3.63, 3.8) is 0 Å². The molecule has 0 aromatic heterocycles. The maximum absolute atomic E-state index is 14.6. The Kier molecular flexibility index (Phi) is 6.10. The number of cyclic esters (lactones) is 1. The van der Waals surface area contributed by atoms with Crippen molar-refractivity contribution in [2.45, 2.75) is 20.0 Å². The van der Waals surface area contributed by atoms with E-state index < -0.39 is 23.4 Å². The van der Waals surface area contributed by atoms with Crippen molar-refractivity contribution in [1.82, 2.24) is 5.32 Å². The molecule has 2 aromatic rings. The highest BCUT2D eigenvalue weighted by atomic mass is 19.1. The first-order valence-electron chi connectivity index (χ1n) is 9.19.